The summed E-state index contributed by atoms with van der Waals surface area (Å²) in [5.74, 6) is 0.658. The molecule has 4 nitrogen and oxygen atoms in total. The van der Waals surface area contributed by atoms with Gasteiger partial charge in [0.1, 0.15) is 5.75 Å². The molecular weight excluding hydrogens is 264 g/mol. The number of hydrogen-bond acceptors (Lipinski definition) is 3. The molecule has 0 bridgehead atoms. The molecule has 1 aromatic rings. The number of ether oxygens (including phenoxy) is 1. The fourth-order valence-corrected chi connectivity index (χ4v) is 2.30. The topological polar surface area (TPSA) is 55.6 Å². The summed E-state index contributed by atoms with van der Waals surface area (Å²) >= 11 is 5.78. The van der Waals surface area contributed by atoms with Crippen molar-refractivity contribution in [3.63, 3.8) is 0 Å². The molecule has 0 saturated carbocycles. The monoisotopic (exact) mass is 282 g/mol. The molecule has 0 spiro atoms. The normalized spacial score (nSPS) is 22.6. The van der Waals surface area contributed by atoms with Gasteiger partial charge in [-0.05, 0) is 42.6 Å². The zero-order valence-electron chi connectivity index (χ0n) is 11.1. The average molecular weight is 283 g/mol. The first-order chi connectivity index (χ1) is 9.02. The molecule has 2 rings (SSSR count). The van der Waals surface area contributed by atoms with Crippen LogP contribution in [0.1, 0.15) is 13.3 Å². The van der Waals surface area contributed by atoms with Crippen molar-refractivity contribution in [2.24, 2.45) is 11.1 Å². The third kappa shape index (κ3) is 3.61. The SMILES string of the molecule is CC1(CN)CCN(C(=O)COc2ccc(Cl)cc2)C1. The maximum Gasteiger partial charge on any atom is 0.260 e. The third-order valence-corrected chi connectivity index (χ3v) is 3.83. The highest BCUT2D eigenvalue weighted by molar-refractivity contribution is 6.30. The summed E-state index contributed by atoms with van der Waals surface area (Å²) in [4.78, 5) is 13.8. The molecule has 0 aliphatic carbocycles. The molecule has 104 valence electrons. The van der Waals surface area contributed by atoms with Gasteiger partial charge >= 0.3 is 0 Å². The Morgan fingerprint density at radius 3 is 2.74 bits per heavy atom. The molecule has 0 radical (unpaired) electrons. The maximum absolute atomic E-state index is 12.0. The first-order valence-corrected chi connectivity index (χ1v) is 6.76. The van der Waals surface area contributed by atoms with Gasteiger partial charge < -0.3 is 15.4 Å². The molecule has 1 fully saturated rings. The second-order valence-electron chi connectivity index (χ2n) is 5.32. The van der Waals surface area contributed by atoms with Gasteiger partial charge in [-0.2, -0.15) is 0 Å². The third-order valence-electron chi connectivity index (χ3n) is 3.58. The Hall–Kier alpha value is -1.26. The molecule has 1 unspecified atom stereocenters. The number of rotatable bonds is 4. The Balaban J connectivity index is 1.84. The van der Waals surface area contributed by atoms with Crippen LogP contribution < -0.4 is 10.5 Å². The summed E-state index contributed by atoms with van der Waals surface area (Å²) in [6, 6.07) is 6.98. The molecule has 1 aliphatic rings. The standard InChI is InChI=1S/C14H19ClN2O2/c1-14(9-16)6-7-17(10-14)13(18)8-19-12-4-2-11(15)3-5-12/h2-5H,6-10,16H2,1H3. The van der Waals surface area contributed by atoms with Crippen molar-refractivity contribution in [3.8, 4) is 5.75 Å². The lowest BCUT2D eigenvalue weighted by molar-refractivity contribution is -0.132. The predicted molar refractivity (Wildman–Crippen MR) is 75.3 cm³/mol. The molecule has 1 aromatic carbocycles. The van der Waals surface area contributed by atoms with Crippen molar-refractivity contribution in [1.82, 2.24) is 4.90 Å². The van der Waals surface area contributed by atoms with Crippen LogP contribution in [0.15, 0.2) is 24.3 Å². The molecule has 5 heteroatoms. The number of nitrogens with zero attached hydrogens (tertiary/aromatic N) is 1. The van der Waals surface area contributed by atoms with E-state index in [9.17, 15) is 4.79 Å². The molecular formula is C14H19ClN2O2. The minimum absolute atomic E-state index is 0.00660. The second kappa shape index (κ2) is 5.80. The number of nitrogens with two attached hydrogens (primary N) is 1. The van der Waals surface area contributed by atoms with Crippen LogP contribution in [-0.4, -0.2) is 37.0 Å². The highest BCUT2D eigenvalue weighted by atomic mass is 35.5. The number of hydrogen-bond donors (Lipinski definition) is 1. The Labute approximate surface area is 118 Å². The molecule has 1 aliphatic heterocycles. The predicted octanol–water partition coefficient (Wildman–Crippen LogP) is 1.92. The highest BCUT2D eigenvalue weighted by Gasteiger charge is 2.34. The number of amides is 1. The van der Waals surface area contributed by atoms with Crippen LogP contribution >= 0.6 is 11.6 Å². The van der Waals surface area contributed by atoms with E-state index in [4.69, 9.17) is 22.1 Å². The van der Waals surface area contributed by atoms with E-state index in [2.05, 4.69) is 6.92 Å². The average Bonchev–Trinajstić information content (AvgIpc) is 2.81. The van der Waals surface area contributed by atoms with E-state index in [1.807, 2.05) is 4.90 Å². The molecule has 2 N–H and O–H groups in total. The van der Waals surface area contributed by atoms with Crippen molar-refractivity contribution in [3.05, 3.63) is 29.3 Å². The Bertz CT molecular complexity index is 449. The zero-order valence-corrected chi connectivity index (χ0v) is 11.8. The van der Waals surface area contributed by atoms with E-state index >= 15 is 0 Å². The number of benzene rings is 1. The van der Waals surface area contributed by atoms with E-state index in [1.165, 1.54) is 0 Å². The summed E-state index contributed by atoms with van der Waals surface area (Å²) in [7, 11) is 0. The van der Waals surface area contributed by atoms with Crippen molar-refractivity contribution >= 4 is 17.5 Å². The Morgan fingerprint density at radius 2 is 2.16 bits per heavy atom. The first kappa shape index (κ1) is 14.2. The largest absolute Gasteiger partial charge is 0.484 e. The van der Waals surface area contributed by atoms with Gasteiger partial charge in [0.2, 0.25) is 0 Å². The van der Waals surface area contributed by atoms with Crippen LogP contribution in [0.2, 0.25) is 5.02 Å². The fraction of sp³-hybridized carbons (Fsp3) is 0.500. The minimum Gasteiger partial charge on any atom is -0.484 e. The van der Waals surface area contributed by atoms with Crippen molar-refractivity contribution in [1.29, 1.82) is 0 Å². The zero-order chi connectivity index (χ0) is 13.9. The molecule has 19 heavy (non-hydrogen) atoms. The van der Waals surface area contributed by atoms with E-state index < -0.39 is 0 Å². The summed E-state index contributed by atoms with van der Waals surface area (Å²) in [6.45, 7) is 4.25. The minimum atomic E-state index is 0.00660. The second-order valence-corrected chi connectivity index (χ2v) is 5.76. The quantitative estimate of drug-likeness (QED) is 0.918. The molecule has 1 atom stereocenters. The van der Waals surface area contributed by atoms with Gasteiger partial charge in [0.05, 0.1) is 0 Å². The van der Waals surface area contributed by atoms with Crippen LogP contribution in [0.4, 0.5) is 0 Å². The van der Waals surface area contributed by atoms with Gasteiger partial charge in [-0.1, -0.05) is 18.5 Å². The lowest BCUT2D eigenvalue weighted by atomic mass is 9.90. The molecule has 0 aromatic heterocycles. The summed E-state index contributed by atoms with van der Waals surface area (Å²) in [5, 5.41) is 0.650. The van der Waals surface area contributed by atoms with Crippen molar-refractivity contribution in [2.45, 2.75) is 13.3 Å². The van der Waals surface area contributed by atoms with Gasteiger partial charge in [-0.15, -0.1) is 0 Å². The van der Waals surface area contributed by atoms with Crippen LogP contribution in [0.25, 0.3) is 0 Å². The Morgan fingerprint density at radius 1 is 1.47 bits per heavy atom. The fourth-order valence-electron chi connectivity index (χ4n) is 2.17. The van der Waals surface area contributed by atoms with E-state index in [0.29, 0.717) is 23.9 Å². The van der Waals surface area contributed by atoms with Crippen LogP contribution in [0.3, 0.4) is 0 Å². The van der Waals surface area contributed by atoms with Crippen LogP contribution in [0, 0.1) is 5.41 Å². The van der Waals surface area contributed by atoms with Gasteiger partial charge in [0, 0.05) is 18.1 Å². The van der Waals surface area contributed by atoms with Gasteiger partial charge in [-0.25, -0.2) is 0 Å². The summed E-state index contributed by atoms with van der Waals surface area (Å²) < 4.78 is 5.46. The van der Waals surface area contributed by atoms with Gasteiger partial charge in [0.25, 0.3) is 5.91 Å². The smallest absolute Gasteiger partial charge is 0.260 e. The van der Waals surface area contributed by atoms with Crippen molar-refractivity contribution < 1.29 is 9.53 Å². The Kier molecular flexibility index (Phi) is 4.32. The maximum atomic E-state index is 12.0. The van der Waals surface area contributed by atoms with Gasteiger partial charge in [-0.3, -0.25) is 4.79 Å². The van der Waals surface area contributed by atoms with E-state index in [0.717, 1.165) is 13.0 Å². The summed E-state index contributed by atoms with van der Waals surface area (Å²) in [6.07, 6.45) is 0.955. The number of carbonyl (C=O) groups is 1. The highest BCUT2D eigenvalue weighted by Crippen LogP contribution is 2.28. The summed E-state index contributed by atoms with van der Waals surface area (Å²) in [5.41, 5.74) is 5.78. The molecule has 1 heterocycles. The number of likely N-dealkylation sites (tertiary alicyclic amines) is 1. The lowest BCUT2D eigenvalue weighted by Gasteiger charge is -2.22. The van der Waals surface area contributed by atoms with E-state index in [-0.39, 0.29) is 17.9 Å². The van der Waals surface area contributed by atoms with Gasteiger partial charge in [0.15, 0.2) is 6.61 Å². The van der Waals surface area contributed by atoms with Crippen LogP contribution in [-0.2, 0) is 4.79 Å². The molecule has 1 saturated heterocycles. The van der Waals surface area contributed by atoms with Crippen LogP contribution in [0.5, 0.6) is 5.75 Å². The number of halogens is 1. The van der Waals surface area contributed by atoms with Crippen molar-refractivity contribution in [2.75, 3.05) is 26.2 Å². The molecule has 1 amide bonds. The van der Waals surface area contributed by atoms with E-state index in [1.54, 1.807) is 24.3 Å². The first-order valence-electron chi connectivity index (χ1n) is 6.39. The number of carbonyl (C=O) groups excluding carboxylic acids is 1. The lowest BCUT2D eigenvalue weighted by Crippen LogP contribution is -2.36.